The number of aromatic nitrogens is 1. The molecule has 2 aromatic rings. The van der Waals surface area contributed by atoms with Crippen LogP contribution < -0.4 is 10.6 Å². The van der Waals surface area contributed by atoms with Crippen LogP contribution in [0.2, 0.25) is 0 Å². The summed E-state index contributed by atoms with van der Waals surface area (Å²) in [7, 11) is -3.99. The Kier molecular flexibility index (Phi) is 7.21. The van der Waals surface area contributed by atoms with E-state index in [4.69, 9.17) is 9.47 Å². The van der Waals surface area contributed by atoms with E-state index in [0.717, 1.165) is 9.54 Å². The molecule has 0 bridgehead atoms. The average Bonchev–Trinajstić information content (AvgIpc) is 3.01. The van der Waals surface area contributed by atoms with E-state index < -0.39 is 16.0 Å². The highest BCUT2D eigenvalue weighted by Gasteiger charge is 2.25. The Labute approximate surface area is 166 Å². The SMILES string of the molecule is C/C=c1\c(=C/COC(C)C)cc(C(=O)OCC)n1S(=O)(=O)c1ccc(C)cc1. The van der Waals surface area contributed by atoms with Gasteiger partial charge in [0.15, 0.2) is 0 Å². The molecule has 1 aromatic heterocycles. The van der Waals surface area contributed by atoms with Gasteiger partial charge >= 0.3 is 5.97 Å². The highest BCUT2D eigenvalue weighted by Crippen LogP contribution is 2.15. The lowest BCUT2D eigenvalue weighted by Crippen LogP contribution is -2.35. The van der Waals surface area contributed by atoms with Crippen LogP contribution in [-0.4, -0.2) is 37.7 Å². The Hall–Kier alpha value is -2.38. The number of hydrogen-bond donors (Lipinski definition) is 0. The molecule has 0 aliphatic rings. The number of rotatable bonds is 7. The molecule has 28 heavy (non-hydrogen) atoms. The molecule has 0 unspecified atom stereocenters. The van der Waals surface area contributed by atoms with Crippen LogP contribution in [0, 0.1) is 6.92 Å². The topological polar surface area (TPSA) is 74.6 Å². The molecule has 0 fully saturated rings. The maximum Gasteiger partial charge on any atom is 0.356 e. The number of carbonyl (C=O) groups is 1. The normalized spacial score (nSPS) is 13.4. The summed E-state index contributed by atoms with van der Waals surface area (Å²) in [4.78, 5) is 12.6. The van der Waals surface area contributed by atoms with E-state index in [-0.39, 0.29) is 23.3 Å². The van der Waals surface area contributed by atoms with Crippen LogP contribution >= 0.6 is 0 Å². The van der Waals surface area contributed by atoms with Crippen molar-refractivity contribution < 1.29 is 22.7 Å². The van der Waals surface area contributed by atoms with Crippen LogP contribution in [0.3, 0.4) is 0 Å². The molecule has 152 valence electrons. The lowest BCUT2D eigenvalue weighted by Gasteiger charge is -2.11. The average molecular weight is 406 g/mol. The molecule has 0 N–H and O–H groups in total. The van der Waals surface area contributed by atoms with E-state index in [2.05, 4.69) is 0 Å². The summed E-state index contributed by atoms with van der Waals surface area (Å²) in [6.07, 6.45) is 3.46. The maximum absolute atomic E-state index is 13.3. The second-order valence-corrected chi connectivity index (χ2v) is 8.33. The summed E-state index contributed by atoms with van der Waals surface area (Å²) in [6.45, 7) is 9.56. The van der Waals surface area contributed by atoms with Crippen LogP contribution in [0.15, 0.2) is 35.2 Å². The Morgan fingerprint density at radius 2 is 1.86 bits per heavy atom. The highest BCUT2D eigenvalue weighted by atomic mass is 32.2. The van der Waals surface area contributed by atoms with Crippen molar-refractivity contribution in [1.82, 2.24) is 3.97 Å². The Balaban J connectivity index is 2.74. The van der Waals surface area contributed by atoms with Gasteiger partial charge in [-0.2, -0.15) is 0 Å². The summed E-state index contributed by atoms with van der Waals surface area (Å²) in [5.41, 5.74) is 0.908. The molecule has 0 saturated carbocycles. The minimum absolute atomic E-state index is 0.0354. The molecule has 1 heterocycles. The monoisotopic (exact) mass is 405 g/mol. The number of aryl methyl sites for hydroxylation is 1. The van der Waals surface area contributed by atoms with Crippen molar-refractivity contribution in [2.24, 2.45) is 0 Å². The molecule has 0 saturated heterocycles. The van der Waals surface area contributed by atoms with Gasteiger partial charge in [0.1, 0.15) is 5.69 Å². The van der Waals surface area contributed by atoms with Crippen LogP contribution in [0.25, 0.3) is 12.2 Å². The van der Waals surface area contributed by atoms with Gasteiger partial charge in [-0.3, -0.25) is 0 Å². The summed E-state index contributed by atoms with van der Waals surface area (Å²) in [5, 5.41) is 0.998. The molecule has 1 aromatic carbocycles. The van der Waals surface area contributed by atoms with Gasteiger partial charge in [-0.15, -0.1) is 0 Å². The summed E-state index contributed by atoms with van der Waals surface area (Å²) in [6, 6.07) is 8.04. The first kappa shape index (κ1) is 21.9. The molecule has 0 spiro atoms. The van der Waals surface area contributed by atoms with Crippen molar-refractivity contribution in [2.75, 3.05) is 13.2 Å². The maximum atomic E-state index is 13.3. The van der Waals surface area contributed by atoms with Gasteiger partial charge in [0.05, 0.1) is 29.6 Å². The molecule has 0 radical (unpaired) electrons. The fraction of sp³-hybridized carbons (Fsp3) is 0.381. The summed E-state index contributed by atoms with van der Waals surface area (Å²) >= 11 is 0. The number of ether oxygens (including phenoxy) is 2. The Bertz CT molecular complexity index is 1050. The number of benzene rings is 1. The van der Waals surface area contributed by atoms with E-state index >= 15 is 0 Å². The van der Waals surface area contributed by atoms with Crippen LogP contribution in [0.1, 0.15) is 43.7 Å². The second kappa shape index (κ2) is 9.21. The van der Waals surface area contributed by atoms with E-state index in [1.54, 1.807) is 38.1 Å². The lowest BCUT2D eigenvalue weighted by molar-refractivity contribution is 0.0518. The van der Waals surface area contributed by atoms with Crippen molar-refractivity contribution >= 4 is 28.1 Å². The van der Waals surface area contributed by atoms with Gasteiger partial charge in [0, 0.05) is 0 Å². The highest BCUT2D eigenvalue weighted by molar-refractivity contribution is 7.90. The van der Waals surface area contributed by atoms with Gasteiger partial charge in [0.25, 0.3) is 10.0 Å². The predicted molar refractivity (Wildman–Crippen MR) is 109 cm³/mol. The van der Waals surface area contributed by atoms with E-state index in [0.29, 0.717) is 17.2 Å². The van der Waals surface area contributed by atoms with Crippen molar-refractivity contribution in [3.05, 3.63) is 52.2 Å². The third-order valence-corrected chi connectivity index (χ3v) is 5.82. The molecule has 0 aliphatic carbocycles. The zero-order valence-corrected chi connectivity index (χ0v) is 17.7. The van der Waals surface area contributed by atoms with Crippen molar-refractivity contribution in [3.8, 4) is 0 Å². The quantitative estimate of drug-likeness (QED) is 0.661. The van der Waals surface area contributed by atoms with Gasteiger partial charge < -0.3 is 9.47 Å². The van der Waals surface area contributed by atoms with Crippen LogP contribution in [0.4, 0.5) is 0 Å². The number of esters is 1. The first-order valence-corrected chi connectivity index (χ1v) is 10.7. The lowest BCUT2D eigenvalue weighted by atomic mass is 10.2. The standard InChI is InChI=1S/C21H27NO5S/c1-6-19-17(12-13-27-15(3)4)14-20(21(23)26-7-2)22(19)28(24,25)18-10-8-16(5)9-11-18/h6,8-12,14-15H,7,13H2,1-5H3/b17-12-,19-6+. The van der Waals surface area contributed by atoms with Crippen LogP contribution in [0.5, 0.6) is 0 Å². The largest absolute Gasteiger partial charge is 0.461 e. The Morgan fingerprint density at radius 3 is 2.39 bits per heavy atom. The van der Waals surface area contributed by atoms with E-state index in [9.17, 15) is 13.2 Å². The predicted octanol–water partition coefficient (Wildman–Crippen LogP) is 2.22. The summed E-state index contributed by atoms with van der Waals surface area (Å²) < 4.78 is 38.4. The molecule has 0 aliphatic heterocycles. The molecule has 0 amide bonds. The van der Waals surface area contributed by atoms with Gasteiger partial charge in [-0.1, -0.05) is 23.8 Å². The first-order valence-electron chi connectivity index (χ1n) is 9.21. The second-order valence-electron chi connectivity index (χ2n) is 6.55. The van der Waals surface area contributed by atoms with Crippen molar-refractivity contribution in [2.45, 2.75) is 45.6 Å². The molecule has 2 rings (SSSR count). The van der Waals surface area contributed by atoms with Gasteiger partial charge in [0.2, 0.25) is 0 Å². The van der Waals surface area contributed by atoms with Gasteiger partial charge in [-0.05, 0) is 64.1 Å². The fourth-order valence-corrected chi connectivity index (χ4v) is 4.27. The van der Waals surface area contributed by atoms with E-state index in [1.165, 1.54) is 18.2 Å². The number of hydrogen-bond acceptors (Lipinski definition) is 5. The molecule has 0 atom stereocenters. The molecular formula is C21H27NO5S. The minimum atomic E-state index is -3.99. The third-order valence-electron chi connectivity index (χ3n) is 4.08. The number of nitrogens with zero attached hydrogens (tertiary/aromatic N) is 1. The number of carbonyl (C=O) groups excluding carboxylic acids is 1. The van der Waals surface area contributed by atoms with Crippen molar-refractivity contribution in [1.29, 1.82) is 0 Å². The minimum Gasteiger partial charge on any atom is -0.461 e. The van der Waals surface area contributed by atoms with Gasteiger partial charge in [-0.25, -0.2) is 17.2 Å². The third kappa shape index (κ3) is 4.72. The first-order chi connectivity index (χ1) is 13.2. The molecule has 7 heteroatoms. The van der Waals surface area contributed by atoms with Crippen molar-refractivity contribution in [3.63, 3.8) is 0 Å². The molecule has 6 nitrogen and oxygen atoms in total. The summed E-state index contributed by atoms with van der Waals surface area (Å²) in [5.74, 6) is -0.689. The molecular weight excluding hydrogens is 378 g/mol. The Morgan fingerprint density at radius 1 is 1.21 bits per heavy atom. The zero-order chi connectivity index (χ0) is 20.9. The van der Waals surface area contributed by atoms with E-state index in [1.807, 2.05) is 20.8 Å². The fourth-order valence-electron chi connectivity index (χ4n) is 2.73. The van der Waals surface area contributed by atoms with Crippen LogP contribution in [-0.2, 0) is 19.5 Å². The zero-order valence-electron chi connectivity index (χ0n) is 16.9. The smallest absolute Gasteiger partial charge is 0.356 e.